The van der Waals surface area contributed by atoms with E-state index in [1.54, 1.807) is 52.8 Å². The third-order valence-electron chi connectivity index (χ3n) is 4.15. The van der Waals surface area contributed by atoms with Crippen molar-refractivity contribution in [2.24, 2.45) is 5.92 Å². The highest BCUT2D eigenvalue weighted by Gasteiger charge is 2.27. The summed E-state index contributed by atoms with van der Waals surface area (Å²) in [6.07, 6.45) is 4.46. The number of carbonyl (C=O) groups excluding carboxylic acids is 3. The van der Waals surface area contributed by atoms with Gasteiger partial charge in [0.15, 0.2) is 0 Å². The molecule has 9 heteroatoms. The number of ether oxygens (including phenoxy) is 2. The molecular formula is C23H33N3O6. The summed E-state index contributed by atoms with van der Waals surface area (Å²) < 4.78 is 10.5. The zero-order valence-corrected chi connectivity index (χ0v) is 19.3. The van der Waals surface area contributed by atoms with Gasteiger partial charge in [0.25, 0.3) is 0 Å². The number of anilines is 1. The number of aliphatic hydroxyl groups excluding tert-OH is 1. The first-order valence-electron chi connectivity index (χ1n) is 10.3. The normalized spacial score (nSPS) is 11.9. The van der Waals surface area contributed by atoms with Crippen LogP contribution in [0.2, 0.25) is 0 Å². The number of hydrogen-bond acceptors (Lipinski definition) is 6. The summed E-state index contributed by atoms with van der Waals surface area (Å²) in [5, 5.41) is 17.2. The molecule has 1 aromatic carbocycles. The molecule has 9 nitrogen and oxygen atoms in total. The van der Waals surface area contributed by atoms with E-state index < -0.39 is 29.6 Å². The van der Waals surface area contributed by atoms with Crippen LogP contribution in [-0.4, -0.2) is 47.8 Å². The molecule has 1 atom stereocenters. The molecule has 0 aromatic heterocycles. The van der Waals surface area contributed by atoms with Crippen molar-refractivity contribution in [3.05, 3.63) is 29.3 Å². The van der Waals surface area contributed by atoms with Crippen molar-refractivity contribution >= 4 is 23.6 Å². The van der Waals surface area contributed by atoms with E-state index in [1.165, 1.54) is 0 Å². The van der Waals surface area contributed by atoms with Gasteiger partial charge in [-0.25, -0.2) is 4.79 Å². The van der Waals surface area contributed by atoms with Crippen molar-refractivity contribution in [3.63, 3.8) is 0 Å². The highest BCUT2D eigenvalue weighted by molar-refractivity contribution is 5.95. The quantitative estimate of drug-likeness (QED) is 0.321. The van der Waals surface area contributed by atoms with Crippen molar-refractivity contribution in [3.8, 4) is 12.3 Å². The van der Waals surface area contributed by atoms with Gasteiger partial charge in [0, 0.05) is 5.69 Å². The second-order valence-corrected chi connectivity index (χ2v) is 8.47. The molecule has 0 heterocycles. The summed E-state index contributed by atoms with van der Waals surface area (Å²) in [7, 11) is 0. The van der Waals surface area contributed by atoms with E-state index in [0.717, 1.165) is 0 Å². The van der Waals surface area contributed by atoms with Crippen LogP contribution < -0.4 is 16.0 Å². The lowest BCUT2D eigenvalue weighted by molar-refractivity contribution is -0.126. The number of carbonyl (C=O) groups is 3. The minimum absolute atomic E-state index is 0.127. The Labute approximate surface area is 189 Å². The first-order valence-corrected chi connectivity index (χ1v) is 10.3. The summed E-state index contributed by atoms with van der Waals surface area (Å²) in [6, 6.07) is 4.11. The van der Waals surface area contributed by atoms with Crippen LogP contribution in [0.1, 0.15) is 45.7 Å². The molecule has 0 saturated heterocycles. The fourth-order valence-electron chi connectivity index (χ4n) is 2.66. The summed E-state index contributed by atoms with van der Waals surface area (Å²) in [5.41, 5.74) is 1.12. The van der Waals surface area contributed by atoms with E-state index >= 15 is 0 Å². The molecule has 1 aromatic rings. The summed E-state index contributed by atoms with van der Waals surface area (Å²) in [6.45, 7) is 8.56. The molecule has 0 aliphatic heterocycles. The third kappa shape index (κ3) is 9.81. The molecule has 0 spiro atoms. The summed E-state index contributed by atoms with van der Waals surface area (Å²) in [5.74, 6) is 1.19. The molecule has 0 saturated carbocycles. The highest BCUT2D eigenvalue weighted by atomic mass is 16.6. The number of rotatable bonds is 10. The SMILES string of the molecule is C#CCOCc1cc(NC(=O)CNC(=O)C(NC(=O)OC(C)(C)C)C(C)C)ccc1CO. The predicted molar refractivity (Wildman–Crippen MR) is 120 cm³/mol. The second kappa shape index (κ2) is 12.7. The van der Waals surface area contributed by atoms with Gasteiger partial charge in [-0.3, -0.25) is 9.59 Å². The van der Waals surface area contributed by atoms with Crippen LogP contribution in [0, 0.1) is 18.3 Å². The Hall–Kier alpha value is -3.09. The lowest BCUT2D eigenvalue weighted by Crippen LogP contribution is -2.52. The van der Waals surface area contributed by atoms with Gasteiger partial charge in [-0.15, -0.1) is 6.42 Å². The van der Waals surface area contributed by atoms with E-state index in [0.29, 0.717) is 16.8 Å². The predicted octanol–water partition coefficient (Wildman–Crippen LogP) is 1.93. The average molecular weight is 448 g/mol. The molecule has 1 unspecified atom stereocenters. The number of alkyl carbamates (subject to hydrolysis) is 1. The Balaban J connectivity index is 2.68. The van der Waals surface area contributed by atoms with Crippen LogP contribution in [0.3, 0.4) is 0 Å². The van der Waals surface area contributed by atoms with Crippen LogP contribution in [-0.2, 0) is 32.3 Å². The number of benzene rings is 1. The van der Waals surface area contributed by atoms with Gasteiger partial charge in [0.2, 0.25) is 11.8 Å². The zero-order chi connectivity index (χ0) is 24.3. The average Bonchev–Trinajstić information content (AvgIpc) is 2.69. The van der Waals surface area contributed by atoms with Crippen molar-refractivity contribution in [2.45, 2.75) is 59.5 Å². The minimum Gasteiger partial charge on any atom is -0.444 e. The van der Waals surface area contributed by atoms with Crippen molar-refractivity contribution in [1.29, 1.82) is 0 Å². The maximum atomic E-state index is 12.5. The highest BCUT2D eigenvalue weighted by Crippen LogP contribution is 2.17. The number of aliphatic hydroxyl groups is 1. The van der Waals surface area contributed by atoms with Gasteiger partial charge >= 0.3 is 6.09 Å². The molecule has 0 aliphatic rings. The Bertz CT molecular complexity index is 839. The minimum atomic E-state index is -0.860. The number of hydrogen-bond donors (Lipinski definition) is 4. The molecule has 176 valence electrons. The van der Waals surface area contributed by atoms with Gasteiger partial charge in [0.1, 0.15) is 18.2 Å². The van der Waals surface area contributed by atoms with E-state index in [1.807, 2.05) is 0 Å². The van der Waals surface area contributed by atoms with Crippen LogP contribution >= 0.6 is 0 Å². The standard InChI is InChI=1S/C23H33N3O6/c1-7-10-31-14-17-11-18(9-8-16(17)13-27)25-19(28)12-24-21(29)20(15(2)3)26-22(30)32-23(4,5)6/h1,8-9,11,15,20,27H,10,12-14H2,2-6H3,(H,24,29)(H,25,28)(H,26,30). The van der Waals surface area contributed by atoms with Crippen LogP contribution in [0.25, 0.3) is 0 Å². The zero-order valence-electron chi connectivity index (χ0n) is 19.3. The van der Waals surface area contributed by atoms with Gasteiger partial charge < -0.3 is 30.5 Å². The number of nitrogens with one attached hydrogen (secondary N) is 3. The maximum absolute atomic E-state index is 12.5. The molecule has 0 radical (unpaired) electrons. The molecule has 0 bridgehead atoms. The fourth-order valence-corrected chi connectivity index (χ4v) is 2.66. The lowest BCUT2D eigenvalue weighted by atomic mass is 10.0. The van der Waals surface area contributed by atoms with Crippen molar-refractivity contribution in [1.82, 2.24) is 10.6 Å². The van der Waals surface area contributed by atoms with Crippen LogP contribution in [0.15, 0.2) is 18.2 Å². The second-order valence-electron chi connectivity index (χ2n) is 8.47. The van der Waals surface area contributed by atoms with Crippen LogP contribution in [0.5, 0.6) is 0 Å². The van der Waals surface area contributed by atoms with Crippen LogP contribution in [0.4, 0.5) is 10.5 Å². The Morgan fingerprint density at radius 2 is 1.88 bits per heavy atom. The smallest absolute Gasteiger partial charge is 0.408 e. The number of amides is 3. The molecule has 4 N–H and O–H groups in total. The molecule has 0 aliphatic carbocycles. The Morgan fingerprint density at radius 3 is 2.44 bits per heavy atom. The molecule has 0 fully saturated rings. The number of terminal acetylenes is 1. The first kappa shape index (κ1) is 26.9. The van der Waals surface area contributed by atoms with Gasteiger partial charge in [-0.1, -0.05) is 25.8 Å². The van der Waals surface area contributed by atoms with Crippen molar-refractivity contribution < 1.29 is 29.0 Å². The van der Waals surface area contributed by atoms with Gasteiger partial charge in [-0.05, 0) is 49.9 Å². The van der Waals surface area contributed by atoms with Gasteiger partial charge in [-0.2, -0.15) is 0 Å². The van der Waals surface area contributed by atoms with E-state index in [4.69, 9.17) is 15.9 Å². The molecule has 3 amide bonds. The van der Waals surface area contributed by atoms with E-state index in [-0.39, 0.29) is 32.3 Å². The monoisotopic (exact) mass is 447 g/mol. The van der Waals surface area contributed by atoms with E-state index in [9.17, 15) is 19.5 Å². The molecular weight excluding hydrogens is 414 g/mol. The summed E-state index contributed by atoms with van der Waals surface area (Å²) in [4.78, 5) is 36.8. The maximum Gasteiger partial charge on any atom is 0.408 e. The Morgan fingerprint density at radius 1 is 1.19 bits per heavy atom. The van der Waals surface area contributed by atoms with E-state index in [2.05, 4.69) is 21.9 Å². The first-order chi connectivity index (χ1) is 15.0. The molecule has 32 heavy (non-hydrogen) atoms. The lowest BCUT2D eigenvalue weighted by Gasteiger charge is -2.25. The Kier molecular flexibility index (Phi) is 10.7. The summed E-state index contributed by atoms with van der Waals surface area (Å²) >= 11 is 0. The third-order valence-corrected chi connectivity index (χ3v) is 4.15. The fraction of sp³-hybridized carbons (Fsp3) is 0.522. The van der Waals surface area contributed by atoms with Crippen molar-refractivity contribution in [2.75, 3.05) is 18.5 Å². The topological polar surface area (TPSA) is 126 Å². The van der Waals surface area contributed by atoms with Gasteiger partial charge in [0.05, 0.1) is 19.8 Å². The molecule has 1 rings (SSSR count). The largest absolute Gasteiger partial charge is 0.444 e.